The molecule has 0 saturated carbocycles. The summed E-state index contributed by atoms with van der Waals surface area (Å²) in [4.78, 5) is 37.9. The van der Waals surface area contributed by atoms with Gasteiger partial charge < -0.3 is 11.1 Å². The molecule has 23 heavy (non-hydrogen) atoms. The predicted molar refractivity (Wildman–Crippen MR) is 81.5 cm³/mol. The number of nitrogens with one attached hydrogen (secondary N) is 1. The molecule has 0 aliphatic carbocycles. The van der Waals surface area contributed by atoms with E-state index in [1.807, 2.05) is 0 Å². The maximum atomic E-state index is 12.1. The van der Waals surface area contributed by atoms with E-state index in [1.54, 1.807) is 12.1 Å². The van der Waals surface area contributed by atoms with Crippen LogP contribution in [0.15, 0.2) is 48.8 Å². The molecule has 0 saturated heterocycles. The summed E-state index contributed by atoms with van der Waals surface area (Å²) < 4.78 is 0. The normalized spacial score (nSPS) is 11.5. The molecule has 0 spiro atoms. The fraction of sp³-hybridized carbons (Fsp3) is 0.133. The number of carbonyl (C=O) groups is 2. The van der Waals surface area contributed by atoms with Crippen molar-refractivity contribution in [3.05, 3.63) is 70.0 Å². The quantitative estimate of drug-likeness (QED) is 0.602. The van der Waals surface area contributed by atoms with Crippen LogP contribution in [0, 0.1) is 10.1 Å². The SMILES string of the molecule is NC(=O)[C@H](Cc1ccccc1[N+](=O)[O-])NC(=O)c1cccnc1. The van der Waals surface area contributed by atoms with Gasteiger partial charge in [0.2, 0.25) is 5.91 Å². The van der Waals surface area contributed by atoms with Crippen LogP contribution in [0.25, 0.3) is 0 Å². The molecule has 8 heteroatoms. The number of primary amides is 1. The van der Waals surface area contributed by atoms with Crippen LogP contribution in [0.2, 0.25) is 0 Å². The van der Waals surface area contributed by atoms with E-state index >= 15 is 0 Å². The van der Waals surface area contributed by atoms with Crippen molar-refractivity contribution in [1.29, 1.82) is 0 Å². The van der Waals surface area contributed by atoms with Crippen molar-refractivity contribution in [2.45, 2.75) is 12.5 Å². The Morgan fingerprint density at radius 2 is 2.00 bits per heavy atom. The Hall–Kier alpha value is -3.29. The highest BCUT2D eigenvalue weighted by atomic mass is 16.6. The lowest BCUT2D eigenvalue weighted by atomic mass is 10.0. The van der Waals surface area contributed by atoms with Gasteiger partial charge in [-0.1, -0.05) is 18.2 Å². The summed E-state index contributed by atoms with van der Waals surface area (Å²) in [6.45, 7) is 0. The smallest absolute Gasteiger partial charge is 0.272 e. The molecule has 1 aromatic carbocycles. The number of aromatic nitrogens is 1. The Balaban J connectivity index is 2.19. The first-order valence-corrected chi connectivity index (χ1v) is 6.71. The van der Waals surface area contributed by atoms with Gasteiger partial charge in [0.15, 0.2) is 0 Å². The first-order chi connectivity index (χ1) is 11.0. The molecular weight excluding hydrogens is 300 g/mol. The zero-order valence-electron chi connectivity index (χ0n) is 12.0. The topological polar surface area (TPSA) is 128 Å². The number of nitrogens with two attached hydrogens (primary N) is 1. The van der Waals surface area contributed by atoms with Gasteiger partial charge in [0.05, 0.1) is 10.5 Å². The zero-order chi connectivity index (χ0) is 16.8. The fourth-order valence-electron chi connectivity index (χ4n) is 2.04. The number of carbonyl (C=O) groups excluding carboxylic acids is 2. The Morgan fingerprint density at radius 1 is 1.26 bits per heavy atom. The number of para-hydroxylation sites is 1. The van der Waals surface area contributed by atoms with Gasteiger partial charge in [-0.25, -0.2) is 0 Å². The summed E-state index contributed by atoms with van der Waals surface area (Å²) in [5.41, 5.74) is 5.75. The number of nitrogens with zero attached hydrogens (tertiary/aromatic N) is 2. The van der Waals surface area contributed by atoms with E-state index in [-0.39, 0.29) is 17.7 Å². The molecule has 0 aliphatic heterocycles. The van der Waals surface area contributed by atoms with E-state index in [2.05, 4.69) is 10.3 Å². The van der Waals surface area contributed by atoms with Crippen LogP contribution in [0.1, 0.15) is 15.9 Å². The number of benzene rings is 1. The number of rotatable bonds is 6. The van der Waals surface area contributed by atoms with Crippen molar-refractivity contribution in [3.8, 4) is 0 Å². The highest BCUT2D eigenvalue weighted by molar-refractivity contribution is 5.97. The van der Waals surface area contributed by atoms with Crippen molar-refractivity contribution in [2.75, 3.05) is 0 Å². The summed E-state index contributed by atoms with van der Waals surface area (Å²) in [7, 11) is 0. The van der Waals surface area contributed by atoms with Crippen molar-refractivity contribution >= 4 is 17.5 Å². The summed E-state index contributed by atoms with van der Waals surface area (Å²) >= 11 is 0. The molecule has 1 aromatic heterocycles. The van der Waals surface area contributed by atoms with Gasteiger partial charge in [0, 0.05) is 30.4 Å². The van der Waals surface area contributed by atoms with Crippen LogP contribution in [0.3, 0.4) is 0 Å². The molecule has 8 nitrogen and oxygen atoms in total. The van der Waals surface area contributed by atoms with E-state index in [4.69, 9.17) is 5.73 Å². The second kappa shape index (κ2) is 7.12. The van der Waals surface area contributed by atoms with Gasteiger partial charge in [-0.05, 0) is 12.1 Å². The number of nitro benzene ring substituents is 1. The molecular formula is C15H14N4O4. The number of pyridine rings is 1. The molecule has 118 valence electrons. The Kier molecular flexibility index (Phi) is 4.98. The summed E-state index contributed by atoms with van der Waals surface area (Å²) in [6, 6.07) is 8.03. The Bertz CT molecular complexity index is 733. The molecule has 0 bridgehead atoms. The minimum atomic E-state index is -1.07. The van der Waals surface area contributed by atoms with Gasteiger partial charge in [-0.2, -0.15) is 0 Å². The van der Waals surface area contributed by atoms with Crippen molar-refractivity contribution in [2.24, 2.45) is 5.73 Å². The minimum Gasteiger partial charge on any atom is -0.368 e. The van der Waals surface area contributed by atoms with Crippen molar-refractivity contribution < 1.29 is 14.5 Å². The molecule has 2 rings (SSSR count). The molecule has 0 radical (unpaired) electrons. The van der Waals surface area contributed by atoms with Crippen LogP contribution in [0.4, 0.5) is 5.69 Å². The van der Waals surface area contributed by atoms with Crippen LogP contribution in [0.5, 0.6) is 0 Å². The average molecular weight is 314 g/mol. The maximum absolute atomic E-state index is 12.1. The minimum absolute atomic E-state index is 0.0709. The monoisotopic (exact) mass is 314 g/mol. The number of hydrogen-bond acceptors (Lipinski definition) is 5. The van der Waals surface area contributed by atoms with E-state index in [9.17, 15) is 19.7 Å². The fourth-order valence-corrected chi connectivity index (χ4v) is 2.04. The molecule has 0 unspecified atom stereocenters. The third kappa shape index (κ3) is 4.10. The highest BCUT2D eigenvalue weighted by Crippen LogP contribution is 2.19. The second-order valence-corrected chi connectivity index (χ2v) is 4.76. The van der Waals surface area contributed by atoms with Gasteiger partial charge in [0.1, 0.15) is 6.04 Å². The van der Waals surface area contributed by atoms with Crippen molar-refractivity contribution in [1.82, 2.24) is 10.3 Å². The van der Waals surface area contributed by atoms with Gasteiger partial charge >= 0.3 is 0 Å². The third-order valence-electron chi connectivity index (χ3n) is 3.18. The summed E-state index contributed by atoms with van der Waals surface area (Å²) in [5.74, 6) is -1.30. The van der Waals surface area contributed by atoms with E-state index in [0.29, 0.717) is 5.56 Å². The molecule has 0 fully saturated rings. The average Bonchev–Trinajstić information content (AvgIpc) is 2.55. The number of nitro groups is 1. The molecule has 1 heterocycles. The van der Waals surface area contributed by atoms with Gasteiger partial charge in [-0.3, -0.25) is 24.7 Å². The lowest BCUT2D eigenvalue weighted by molar-refractivity contribution is -0.385. The van der Waals surface area contributed by atoms with Gasteiger partial charge in [0.25, 0.3) is 11.6 Å². The van der Waals surface area contributed by atoms with Crippen molar-refractivity contribution in [3.63, 3.8) is 0 Å². The zero-order valence-corrected chi connectivity index (χ0v) is 12.0. The van der Waals surface area contributed by atoms with E-state index in [1.165, 1.54) is 36.7 Å². The summed E-state index contributed by atoms with van der Waals surface area (Å²) in [6.07, 6.45) is 2.78. The number of amides is 2. The maximum Gasteiger partial charge on any atom is 0.272 e. The number of hydrogen-bond donors (Lipinski definition) is 2. The van der Waals surface area contributed by atoms with Crippen LogP contribution in [-0.4, -0.2) is 27.8 Å². The van der Waals surface area contributed by atoms with Crippen LogP contribution >= 0.6 is 0 Å². The molecule has 3 N–H and O–H groups in total. The predicted octanol–water partition coefficient (Wildman–Crippen LogP) is 0.816. The van der Waals surface area contributed by atoms with Crippen LogP contribution in [-0.2, 0) is 11.2 Å². The lowest BCUT2D eigenvalue weighted by Gasteiger charge is -2.15. The largest absolute Gasteiger partial charge is 0.368 e. The molecule has 2 amide bonds. The third-order valence-corrected chi connectivity index (χ3v) is 3.18. The molecule has 0 aliphatic rings. The summed E-state index contributed by atoms with van der Waals surface area (Å²) in [5, 5.41) is 13.5. The Labute approximate surface area is 131 Å². The van der Waals surface area contributed by atoms with Gasteiger partial charge in [-0.15, -0.1) is 0 Å². The molecule has 2 aromatic rings. The van der Waals surface area contributed by atoms with Crippen LogP contribution < -0.4 is 11.1 Å². The Morgan fingerprint density at radius 3 is 2.61 bits per heavy atom. The van der Waals surface area contributed by atoms with E-state index in [0.717, 1.165) is 0 Å². The first kappa shape index (κ1) is 16.1. The molecule has 1 atom stereocenters. The standard InChI is InChI=1S/C15H14N4O4/c16-14(20)12(18-15(21)11-5-3-7-17-9-11)8-10-4-1-2-6-13(10)19(22)23/h1-7,9,12H,8H2,(H2,16,20)(H,18,21)/t12-/m0/s1. The first-order valence-electron chi connectivity index (χ1n) is 6.71. The second-order valence-electron chi connectivity index (χ2n) is 4.76. The highest BCUT2D eigenvalue weighted by Gasteiger charge is 2.23. The van der Waals surface area contributed by atoms with E-state index < -0.39 is 22.8 Å². The lowest BCUT2D eigenvalue weighted by Crippen LogP contribution is -2.46.